The van der Waals surface area contributed by atoms with Crippen molar-refractivity contribution in [3.8, 4) is 11.5 Å². The number of amides is 1. The first-order valence-electron chi connectivity index (χ1n) is 12.4. The average Bonchev–Trinajstić information content (AvgIpc) is 3.58. The van der Waals surface area contributed by atoms with Crippen LogP contribution in [0.4, 0.5) is 5.69 Å². The molecule has 0 N–H and O–H groups in total. The van der Waals surface area contributed by atoms with Gasteiger partial charge in [-0.3, -0.25) is 9.69 Å². The number of aliphatic imine (C=N–C) groups is 1. The number of amidine groups is 1. The van der Waals surface area contributed by atoms with Gasteiger partial charge in [-0.25, -0.2) is 9.79 Å². The van der Waals surface area contributed by atoms with Crippen LogP contribution in [0.5, 0.6) is 11.5 Å². The molecular weight excluding hydrogens is 528 g/mol. The van der Waals surface area contributed by atoms with E-state index < -0.39 is 5.97 Å². The van der Waals surface area contributed by atoms with E-state index in [1.165, 1.54) is 24.9 Å². The zero-order chi connectivity index (χ0) is 27.9. The van der Waals surface area contributed by atoms with Crippen LogP contribution in [-0.2, 0) is 22.7 Å². The SMILES string of the molecule is COC(=O)c1ccc(COc2ccc(C=C3SC(=Nc4ccccc4)N(Cc4ccccc4)C3=O)cc2OC)o1. The van der Waals surface area contributed by atoms with Crippen LogP contribution in [0.1, 0.15) is 27.4 Å². The predicted molar refractivity (Wildman–Crippen MR) is 153 cm³/mol. The number of benzene rings is 3. The molecule has 1 aliphatic heterocycles. The first-order chi connectivity index (χ1) is 19.5. The maximum atomic E-state index is 13.5. The van der Waals surface area contributed by atoms with Crippen LogP contribution in [0.3, 0.4) is 0 Å². The van der Waals surface area contributed by atoms with Gasteiger partial charge < -0.3 is 18.6 Å². The minimum atomic E-state index is -0.556. The number of esters is 1. The maximum absolute atomic E-state index is 13.5. The molecule has 9 heteroatoms. The Morgan fingerprint density at radius 2 is 1.70 bits per heavy atom. The van der Waals surface area contributed by atoms with Crippen molar-refractivity contribution in [2.75, 3.05) is 14.2 Å². The van der Waals surface area contributed by atoms with Crippen LogP contribution < -0.4 is 9.47 Å². The van der Waals surface area contributed by atoms with Gasteiger partial charge in [-0.2, -0.15) is 0 Å². The number of rotatable bonds is 9. The molecule has 3 aromatic carbocycles. The fourth-order valence-corrected chi connectivity index (χ4v) is 4.97. The highest BCUT2D eigenvalue weighted by molar-refractivity contribution is 8.18. The number of nitrogens with zero attached hydrogens (tertiary/aromatic N) is 2. The lowest BCUT2D eigenvalue weighted by Gasteiger charge is -2.15. The number of carbonyl (C=O) groups excluding carboxylic acids is 2. The number of methoxy groups -OCH3 is 2. The summed E-state index contributed by atoms with van der Waals surface area (Å²) in [5.41, 5.74) is 2.55. The molecule has 5 rings (SSSR count). The molecule has 0 spiro atoms. The lowest BCUT2D eigenvalue weighted by Crippen LogP contribution is -2.28. The number of hydrogen-bond acceptors (Lipinski definition) is 8. The van der Waals surface area contributed by atoms with E-state index in [0.717, 1.165) is 16.8 Å². The summed E-state index contributed by atoms with van der Waals surface area (Å²) < 4.78 is 21.5. The van der Waals surface area contributed by atoms with Crippen molar-refractivity contribution in [1.29, 1.82) is 0 Å². The zero-order valence-corrected chi connectivity index (χ0v) is 22.7. The molecule has 1 fully saturated rings. The van der Waals surface area contributed by atoms with Gasteiger partial charge in [-0.15, -0.1) is 0 Å². The lowest BCUT2D eigenvalue weighted by atomic mass is 10.1. The topological polar surface area (TPSA) is 90.6 Å². The fraction of sp³-hybridized carbons (Fsp3) is 0.129. The molecule has 1 saturated heterocycles. The van der Waals surface area contributed by atoms with E-state index in [1.807, 2.05) is 72.8 Å². The number of para-hydroxylation sites is 1. The summed E-state index contributed by atoms with van der Waals surface area (Å²) >= 11 is 1.33. The van der Waals surface area contributed by atoms with E-state index >= 15 is 0 Å². The van der Waals surface area contributed by atoms with E-state index in [1.54, 1.807) is 30.2 Å². The Hall–Kier alpha value is -4.76. The van der Waals surface area contributed by atoms with Crippen molar-refractivity contribution >= 4 is 40.6 Å². The van der Waals surface area contributed by atoms with Gasteiger partial charge in [0.15, 0.2) is 16.7 Å². The molecule has 0 saturated carbocycles. The number of ether oxygens (including phenoxy) is 3. The third-order valence-electron chi connectivity index (χ3n) is 5.96. The highest BCUT2D eigenvalue weighted by Crippen LogP contribution is 2.37. The second kappa shape index (κ2) is 12.4. The first-order valence-corrected chi connectivity index (χ1v) is 13.2. The largest absolute Gasteiger partial charge is 0.493 e. The summed E-state index contributed by atoms with van der Waals surface area (Å²) in [4.78, 5) is 32.1. The molecule has 4 aromatic rings. The van der Waals surface area contributed by atoms with Crippen LogP contribution in [0.2, 0.25) is 0 Å². The number of furan rings is 1. The molecule has 1 aliphatic rings. The van der Waals surface area contributed by atoms with E-state index in [-0.39, 0.29) is 18.3 Å². The van der Waals surface area contributed by atoms with Gasteiger partial charge in [0.1, 0.15) is 12.4 Å². The molecule has 8 nitrogen and oxygen atoms in total. The fourth-order valence-electron chi connectivity index (χ4n) is 3.97. The van der Waals surface area contributed by atoms with E-state index in [9.17, 15) is 9.59 Å². The Morgan fingerprint density at radius 1 is 0.950 bits per heavy atom. The third-order valence-corrected chi connectivity index (χ3v) is 6.96. The van der Waals surface area contributed by atoms with Gasteiger partial charge in [-0.05, 0) is 65.4 Å². The van der Waals surface area contributed by atoms with Crippen molar-refractivity contribution in [3.05, 3.63) is 119 Å². The highest BCUT2D eigenvalue weighted by Gasteiger charge is 2.33. The molecule has 1 amide bonds. The van der Waals surface area contributed by atoms with Crippen molar-refractivity contribution in [3.63, 3.8) is 0 Å². The maximum Gasteiger partial charge on any atom is 0.373 e. The van der Waals surface area contributed by atoms with E-state index in [4.69, 9.17) is 18.9 Å². The van der Waals surface area contributed by atoms with Gasteiger partial charge in [0, 0.05) is 0 Å². The normalized spacial score (nSPS) is 15.1. The Kier molecular flexibility index (Phi) is 8.32. The first kappa shape index (κ1) is 26.8. The van der Waals surface area contributed by atoms with Crippen LogP contribution in [0.25, 0.3) is 6.08 Å². The standard InChI is InChI=1S/C31H26N2O6S/c1-36-27-17-22(13-15-25(27)38-20-24-14-16-26(39-24)30(35)37-2)18-28-29(34)33(19-21-9-5-3-6-10-21)31(40-28)32-23-11-7-4-8-12-23/h3-18H,19-20H2,1-2H3. The Balaban J connectivity index is 1.37. The number of carbonyl (C=O) groups is 2. The molecule has 0 aliphatic carbocycles. The Labute approximate surface area is 235 Å². The van der Waals surface area contributed by atoms with Gasteiger partial charge in [0.25, 0.3) is 5.91 Å². The van der Waals surface area contributed by atoms with Crippen LogP contribution in [0, 0.1) is 0 Å². The second-order valence-electron chi connectivity index (χ2n) is 8.67. The third kappa shape index (κ3) is 6.27. The van der Waals surface area contributed by atoms with Gasteiger partial charge in [0.05, 0.1) is 31.4 Å². The second-order valence-corrected chi connectivity index (χ2v) is 9.68. The van der Waals surface area contributed by atoms with Crippen LogP contribution in [0.15, 0.2) is 105 Å². The zero-order valence-electron chi connectivity index (χ0n) is 21.9. The van der Waals surface area contributed by atoms with Crippen molar-refractivity contribution in [2.24, 2.45) is 4.99 Å². The van der Waals surface area contributed by atoms with Gasteiger partial charge in [0.2, 0.25) is 5.76 Å². The summed E-state index contributed by atoms with van der Waals surface area (Å²) in [7, 11) is 2.83. The van der Waals surface area contributed by atoms with E-state index in [2.05, 4.69) is 4.74 Å². The smallest absolute Gasteiger partial charge is 0.373 e. The number of thioether (sulfide) groups is 1. The summed E-state index contributed by atoms with van der Waals surface area (Å²) in [5.74, 6) is 0.865. The average molecular weight is 555 g/mol. The number of hydrogen-bond donors (Lipinski definition) is 0. The molecule has 0 atom stereocenters. The molecule has 2 heterocycles. The molecule has 1 aromatic heterocycles. The monoisotopic (exact) mass is 554 g/mol. The summed E-state index contributed by atoms with van der Waals surface area (Å²) in [6, 6.07) is 28.0. The summed E-state index contributed by atoms with van der Waals surface area (Å²) in [6.45, 7) is 0.506. The van der Waals surface area contributed by atoms with Crippen LogP contribution in [-0.4, -0.2) is 36.2 Å². The van der Waals surface area contributed by atoms with Crippen molar-refractivity contribution in [2.45, 2.75) is 13.2 Å². The van der Waals surface area contributed by atoms with Crippen LogP contribution >= 0.6 is 11.8 Å². The molecule has 0 unspecified atom stereocenters. The predicted octanol–water partition coefficient (Wildman–Crippen LogP) is 6.46. The highest BCUT2D eigenvalue weighted by atomic mass is 32.2. The molecular formula is C31H26N2O6S. The quantitative estimate of drug-likeness (QED) is 0.173. The van der Waals surface area contributed by atoms with Gasteiger partial charge >= 0.3 is 5.97 Å². The van der Waals surface area contributed by atoms with Gasteiger partial charge in [-0.1, -0.05) is 54.6 Å². The van der Waals surface area contributed by atoms with Crippen molar-refractivity contribution in [1.82, 2.24) is 4.90 Å². The molecule has 202 valence electrons. The molecule has 40 heavy (non-hydrogen) atoms. The minimum absolute atomic E-state index is 0.0931. The molecule has 0 radical (unpaired) electrons. The summed E-state index contributed by atoms with van der Waals surface area (Å²) in [6.07, 6.45) is 1.82. The lowest BCUT2D eigenvalue weighted by molar-refractivity contribution is -0.122. The summed E-state index contributed by atoms with van der Waals surface area (Å²) in [5, 5.41) is 0.614. The van der Waals surface area contributed by atoms with E-state index in [0.29, 0.717) is 33.9 Å². The van der Waals surface area contributed by atoms with Crippen molar-refractivity contribution < 1.29 is 28.2 Å². The Morgan fingerprint density at radius 3 is 2.42 bits per heavy atom. The molecule has 0 bridgehead atoms. The Bertz CT molecular complexity index is 1560. The minimum Gasteiger partial charge on any atom is -0.493 e.